The summed E-state index contributed by atoms with van der Waals surface area (Å²) in [4.78, 5) is 17.3. The summed E-state index contributed by atoms with van der Waals surface area (Å²) in [5.41, 5.74) is 3.42. The highest BCUT2D eigenvalue weighted by Crippen LogP contribution is 2.29. The summed E-state index contributed by atoms with van der Waals surface area (Å²) in [6, 6.07) is 24.5. The van der Waals surface area contributed by atoms with Crippen molar-refractivity contribution < 1.29 is 19.4 Å². The van der Waals surface area contributed by atoms with Gasteiger partial charge in [-0.25, -0.2) is 5.01 Å². The third kappa shape index (κ3) is 6.95. The molecule has 0 radical (unpaired) electrons. The van der Waals surface area contributed by atoms with Crippen molar-refractivity contribution in [3.8, 4) is 5.75 Å². The molecular formula is C28H29ClN4O4. The van der Waals surface area contributed by atoms with Crippen molar-refractivity contribution in [3.63, 3.8) is 0 Å². The first-order chi connectivity index (χ1) is 18.1. The van der Waals surface area contributed by atoms with Crippen molar-refractivity contribution in [3.05, 3.63) is 101 Å². The molecule has 1 unspecified atom stereocenters. The SMILES string of the molecule is CN=C(NC(=O)c1ccc(OCCOCCO)cc1)N1CC(c2ccccc2)C(c2ccc(Cl)cc2)=N1. The molecule has 0 aliphatic carbocycles. The Morgan fingerprint density at radius 3 is 2.46 bits per heavy atom. The number of guanidine groups is 1. The van der Waals surface area contributed by atoms with Crippen LogP contribution in [0.2, 0.25) is 5.02 Å². The normalized spacial score (nSPS) is 15.4. The van der Waals surface area contributed by atoms with Crippen LogP contribution in [0.1, 0.15) is 27.4 Å². The first-order valence-corrected chi connectivity index (χ1v) is 12.3. The number of amides is 1. The number of benzene rings is 3. The zero-order valence-electron chi connectivity index (χ0n) is 20.5. The minimum Gasteiger partial charge on any atom is -0.491 e. The molecule has 0 aromatic heterocycles. The van der Waals surface area contributed by atoms with Crippen LogP contribution in [0, 0.1) is 0 Å². The van der Waals surface area contributed by atoms with Gasteiger partial charge in [0.05, 0.1) is 32.1 Å². The molecule has 2 N–H and O–H groups in total. The fraction of sp³-hybridized carbons (Fsp3) is 0.250. The van der Waals surface area contributed by atoms with Crippen molar-refractivity contribution in [1.82, 2.24) is 10.3 Å². The standard InChI is InChI=1S/C28H29ClN4O4/c1-30-28(31-27(35)22-9-13-24(14-10-22)37-18-17-36-16-15-34)33-19-25(20-5-3-2-4-6-20)26(32-33)21-7-11-23(29)12-8-21/h2-14,25,34H,15-19H2,1H3,(H,30,31,35). The van der Waals surface area contributed by atoms with Gasteiger partial charge in [0.1, 0.15) is 12.4 Å². The molecule has 3 aromatic carbocycles. The van der Waals surface area contributed by atoms with Crippen molar-refractivity contribution in [2.24, 2.45) is 10.1 Å². The van der Waals surface area contributed by atoms with E-state index in [1.54, 1.807) is 36.3 Å². The first kappa shape index (κ1) is 26.3. The molecule has 1 amide bonds. The fourth-order valence-corrected chi connectivity index (χ4v) is 4.09. The van der Waals surface area contributed by atoms with Crippen LogP contribution in [0.25, 0.3) is 0 Å². The lowest BCUT2D eigenvalue weighted by molar-refractivity contribution is 0.0705. The zero-order valence-corrected chi connectivity index (χ0v) is 21.3. The van der Waals surface area contributed by atoms with E-state index in [0.717, 1.165) is 16.8 Å². The van der Waals surface area contributed by atoms with Crippen molar-refractivity contribution >= 4 is 29.2 Å². The minimum absolute atomic E-state index is 0.00572. The lowest BCUT2D eigenvalue weighted by Crippen LogP contribution is -2.41. The number of aliphatic hydroxyl groups is 1. The van der Waals surface area contributed by atoms with Gasteiger partial charge in [-0.05, 0) is 47.5 Å². The van der Waals surface area contributed by atoms with Gasteiger partial charge in [0.15, 0.2) is 0 Å². The van der Waals surface area contributed by atoms with E-state index in [2.05, 4.69) is 22.4 Å². The van der Waals surface area contributed by atoms with E-state index in [4.69, 9.17) is 31.3 Å². The molecule has 37 heavy (non-hydrogen) atoms. The number of halogens is 1. The summed E-state index contributed by atoms with van der Waals surface area (Å²) in [5.74, 6) is 0.672. The Morgan fingerprint density at radius 1 is 1.05 bits per heavy atom. The lowest BCUT2D eigenvalue weighted by Gasteiger charge is -2.18. The Hall–Kier alpha value is -3.72. The smallest absolute Gasteiger partial charge is 0.258 e. The number of hydrazone groups is 1. The van der Waals surface area contributed by atoms with Gasteiger partial charge in [-0.2, -0.15) is 5.10 Å². The van der Waals surface area contributed by atoms with Crippen molar-refractivity contribution in [1.29, 1.82) is 0 Å². The number of ether oxygens (including phenoxy) is 2. The van der Waals surface area contributed by atoms with E-state index in [9.17, 15) is 4.79 Å². The number of aliphatic imine (C=N–C) groups is 1. The van der Waals surface area contributed by atoms with Crippen molar-refractivity contribution in [2.75, 3.05) is 40.0 Å². The van der Waals surface area contributed by atoms with Crippen LogP contribution in [0.4, 0.5) is 0 Å². The summed E-state index contributed by atoms with van der Waals surface area (Å²) in [6.07, 6.45) is 0. The molecule has 1 heterocycles. The second kappa shape index (κ2) is 13.0. The fourth-order valence-electron chi connectivity index (χ4n) is 3.96. The lowest BCUT2D eigenvalue weighted by atomic mass is 9.91. The van der Waals surface area contributed by atoms with Crippen LogP contribution in [-0.4, -0.2) is 67.7 Å². The third-order valence-electron chi connectivity index (χ3n) is 5.79. The van der Waals surface area contributed by atoms with E-state index in [0.29, 0.717) is 42.1 Å². The summed E-state index contributed by atoms with van der Waals surface area (Å²) in [7, 11) is 1.62. The average Bonchev–Trinajstić information content (AvgIpc) is 3.38. The number of carbonyl (C=O) groups excluding carboxylic acids is 1. The molecular weight excluding hydrogens is 492 g/mol. The molecule has 1 aliphatic rings. The number of hydrogen-bond acceptors (Lipinski definition) is 6. The Labute approximate surface area is 221 Å². The van der Waals surface area contributed by atoms with E-state index >= 15 is 0 Å². The van der Waals surface area contributed by atoms with E-state index in [1.165, 1.54) is 0 Å². The summed E-state index contributed by atoms with van der Waals surface area (Å²) in [5, 5.41) is 18.8. The van der Waals surface area contributed by atoms with Crippen LogP contribution < -0.4 is 10.1 Å². The Morgan fingerprint density at radius 2 is 1.78 bits per heavy atom. The van der Waals surface area contributed by atoms with Gasteiger partial charge in [-0.15, -0.1) is 0 Å². The average molecular weight is 521 g/mol. The quantitative estimate of drug-likeness (QED) is 0.253. The second-order valence-electron chi connectivity index (χ2n) is 8.25. The molecule has 0 saturated carbocycles. The van der Waals surface area contributed by atoms with Gasteiger partial charge < -0.3 is 14.6 Å². The number of carbonyl (C=O) groups is 1. The summed E-state index contributed by atoms with van der Waals surface area (Å²) >= 11 is 6.10. The topological polar surface area (TPSA) is 95.8 Å². The predicted molar refractivity (Wildman–Crippen MR) is 145 cm³/mol. The number of rotatable bonds is 9. The van der Waals surface area contributed by atoms with E-state index in [-0.39, 0.29) is 25.0 Å². The molecule has 3 aromatic rings. The number of aliphatic hydroxyl groups excluding tert-OH is 1. The van der Waals surface area contributed by atoms with Crippen LogP contribution in [0.3, 0.4) is 0 Å². The molecule has 1 atom stereocenters. The van der Waals surface area contributed by atoms with Crippen LogP contribution in [0.15, 0.2) is 89.0 Å². The zero-order chi connectivity index (χ0) is 26.0. The monoisotopic (exact) mass is 520 g/mol. The first-order valence-electron chi connectivity index (χ1n) is 12.0. The highest BCUT2D eigenvalue weighted by atomic mass is 35.5. The number of nitrogens with zero attached hydrogens (tertiary/aromatic N) is 3. The molecule has 8 nitrogen and oxygen atoms in total. The van der Waals surface area contributed by atoms with Gasteiger partial charge in [0.25, 0.3) is 5.91 Å². The van der Waals surface area contributed by atoms with E-state index < -0.39 is 0 Å². The summed E-state index contributed by atoms with van der Waals surface area (Å²) < 4.78 is 10.8. The molecule has 192 valence electrons. The van der Waals surface area contributed by atoms with Crippen LogP contribution in [-0.2, 0) is 4.74 Å². The largest absolute Gasteiger partial charge is 0.491 e. The van der Waals surface area contributed by atoms with E-state index in [1.807, 2.05) is 42.5 Å². The van der Waals surface area contributed by atoms with Gasteiger partial charge >= 0.3 is 0 Å². The molecule has 4 rings (SSSR count). The Kier molecular flexibility index (Phi) is 9.26. The Bertz CT molecular complexity index is 1230. The second-order valence-corrected chi connectivity index (χ2v) is 8.68. The highest BCUT2D eigenvalue weighted by Gasteiger charge is 2.32. The summed E-state index contributed by atoms with van der Waals surface area (Å²) in [6.45, 7) is 1.50. The van der Waals surface area contributed by atoms with Crippen LogP contribution >= 0.6 is 11.6 Å². The third-order valence-corrected chi connectivity index (χ3v) is 6.04. The number of nitrogens with one attached hydrogen (secondary N) is 1. The minimum atomic E-state index is -0.301. The van der Waals surface area contributed by atoms with Crippen LogP contribution in [0.5, 0.6) is 5.75 Å². The molecule has 0 spiro atoms. The maximum atomic E-state index is 13.0. The molecule has 0 fully saturated rings. The number of hydrogen-bond donors (Lipinski definition) is 2. The maximum absolute atomic E-state index is 13.0. The maximum Gasteiger partial charge on any atom is 0.258 e. The highest BCUT2D eigenvalue weighted by molar-refractivity contribution is 6.30. The molecule has 0 bridgehead atoms. The van der Waals surface area contributed by atoms with Gasteiger partial charge in [0, 0.05) is 23.6 Å². The molecule has 1 aliphatic heterocycles. The van der Waals surface area contributed by atoms with Crippen molar-refractivity contribution in [2.45, 2.75) is 5.92 Å². The molecule has 0 saturated heterocycles. The predicted octanol–water partition coefficient (Wildman–Crippen LogP) is 3.95. The molecule has 9 heteroatoms. The van der Waals surface area contributed by atoms with Gasteiger partial charge in [0.2, 0.25) is 5.96 Å². The van der Waals surface area contributed by atoms with Gasteiger partial charge in [-0.1, -0.05) is 54.1 Å². The Balaban J connectivity index is 1.45. The van der Waals surface area contributed by atoms with Gasteiger partial charge in [-0.3, -0.25) is 15.1 Å².